The Labute approximate surface area is 108 Å². The number of nitro benzene ring substituents is 1. The summed E-state index contributed by atoms with van der Waals surface area (Å²) in [6.45, 7) is 1.54. The van der Waals surface area contributed by atoms with Crippen molar-refractivity contribution < 1.29 is 19.2 Å². The highest BCUT2D eigenvalue weighted by atomic mass is 16.6. The van der Waals surface area contributed by atoms with E-state index in [-0.39, 0.29) is 12.2 Å². The van der Waals surface area contributed by atoms with E-state index in [9.17, 15) is 19.7 Å². The summed E-state index contributed by atoms with van der Waals surface area (Å²) in [6.07, 6.45) is 0. The van der Waals surface area contributed by atoms with Crippen molar-refractivity contribution in [2.75, 3.05) is 6.61 Å². The normalized spacial score (nSPS) is 11.2. The van der Waals surface area contributed by atoms with Crippen LogP contribution in [0.25, 0.3) is 0 Å². The van der Waals surface area contributed by atoms with Crippen LogP contribution < -0.4 is 0 Å². The van der Waals surface area contributed by atoms with E-state index in [0.717, 1.165) is 6.07 Å². The molecule has 1 rings (SSSR count). The van der Waals surface area contributed by atoms with E-state index in [1.807, 2.05) is 0 Å². The van der Waals surface area contributed by atoms with Crippen LogP contribution >= 0.6 is 0 Å². The van der Waals surface area contributed by atoms with Crippen LogP contribution in [0.3, 0.4) is 0 Å². The number of nitrogens with zero attached hydrogens (tertiary/aromatic N) is 2. The minimum absolute atomic E-state index is 0.0151. The van der Waals surface area contributed by atoms with Gasteiger partial charge in [-0.2, -0.15) is 5.26 Å². The molecule has 0 aromatic heterocycles. The van der Waals surface area contributed by atoms with E-state index < -0.39 is 28.3 Å². The molecular formula is C12H10N2O5. The molecule has 0 unspecified atom stereocenters. The first-order chi connectivity index (χ1) is 9.02. The molecule has 0 aliphatic carbocycles. The Morgan fingerprint density at radius 1 is 1.47 bits per heavy atom. The quantitative estimate of drug-likeness (QED) is 0.261. The van der Waals surface area contributed by atoms with Gasteiger partial charge in [0.1, 0.15) is 0 Å². The van der Waals surface area contributed by atoms with Crippen LogP contribution in [-0.2, 0) is 9.53 Å². The second-order valence-corrected chi connectivity index (χ2v) is 3.45. The van der Waals surface area contributed by atoms with Gasteiger partial charge in [0.2, 0.25) is 5.92 Å². The van der Waals surface area contributed by atoms with Gasteiger partial charge in [-0.15, -0.1) is 0 Å². The largest absolute Gasteiger partial charge is 0.465 e. The zero-order valence-electron chi connectivity index (χ0n) is 10.0. The molecule has 0 aliphatic heterocycles. The SMILES string of the molecule is CCOC(=O)[C@H](C#N)C(=O)c1ccccc1[N+](=O)[O-]. The number of carbonyl (C=O) groups excluding carboxylic acids is 2. The Balaban J connectivity index is 3.16. The lowest BCUT2D eigenvalue weighted by molar-refractivity contribution is -0.385. The van der Waals surface area contributed by atoms with Crippen molar-refractivity contribution in [1.82, 2.24) is 0 Å². The van der Waals surface area contributed by atoms with E-state index in [1.54, 1.807) is 0 Å². The second-order valence-electron chi connectivity index (χ2n) is 3.45. The summed E-state index contributed by atoms with van der Waals surface area (Å²) >= 11 is 0. The van der Waals surface area contributed by atoms with Crippen LogP contribution in [-0.4, -0.2) is 23.3 Å². The molecule has 0 amide bonds. The van der Waals surface area contributed by atoms with E-state index in [0.29, 0.717) is 0 Å². The lowest BCUT2D eigenvalue weighted by Gasteiger charge is -2.07. The van der Waals surface area contributed by atoms with Crippen molar-refractivity contribution in [3.05, 3.63) is 39.9 Å². The molecule has 0 aliphatic rings. The molecule has 0 saturated heterocycles. The van der Waals surface area contributed by atoms with Crippen molar-refractivity contribution in [2.24, 2.45) is 5.92 Å². The van der Waals surface area contributed by atoms with Crippen LogP contribution in [0.5, 0.6) is 0 Å². The highest BCUT2D eigenvalue weighted by Gasteiger charge is 2.32. The molecule has 0 spiro atoms. The Kier molecular flexibility index (Phi) is 4.71. The lowest BCUT2D eigenvalue weighted by atomic mass is 9.97. The number of nitro groups is 1. The third kappa shape index (κ3) is 3.13. The molecule has 0 N–H and O–H groups in total. The summed E-state index contributed by atoms with van der Waals surface area (Å²) < 4.78 is 4.59. The van der Waals surface area contributed by atoms with Crippen molar-refractivity contribution >= 4 is 17.4 Å². The first-order valence-electron chi connectivity index (χ1n) is 5.36. The number of nitriles is 1. The van der Waals surface area contributed by atoms with Gasteiger partial charge in [0.25, 0.3) is 5.69 Å². The summed E-state index contributed by atoms with van der Waals surface area (Å²) in [5, 5.41) is 19.6. The molecule has 7 nitrogen and oxygen atoms in total. The van der Waals surface area contributed by atoms with Crippen molar-refractivity contribution in [3.63, 3.8) is 0 Å². The Bertz CT molecular complexity index is 561. The number of para-hydroxylation sites is 1. The molecule has 1 atom stereocenters. The predicted octanol–water partition coefficient (Wildman–Crippen LogP) is 1.48. The molecule has 0 bridgehead atoms. The number of ether oxygens (including phenoxy) is 1. The molecule has 0 saturated carbocycles. The standard InChI is InChI=1S/C12H10N2O5/c1-2-19-12(16)9(7-13)11(15)8-5-3-4-6-10(8)14(17)18/h3-6,9H,2H2,1H3/t9-/m1/s1. The average molecular weight is 262 g/mol. The topological polar surface area (TPSA) is 110 Å². The molecule has 19 heavy (non-hydrogen) atoms. The maximum absolute atomic E-state index is 12.0. The number of Topliss-reactive ketones (excluding diaryl/α,β-unsaturated/α-hetero) is 1. The second kappa shape index (κ2) is 6.26. The van der Waals surface area contributed by atoms with Gasteiger partial charge in [0.05, 0.1) is 23.2 Å². The molecule has 1 aromatic carbocycles. The fraction of sp³-hybridized carbons (Fsp3) is 0.250. The van der Waals surface area contributed by atoms with Gasteiger partial charge in [-0.05, 0) is 13.0 Å². The summed E-state index contributed by atoms with van der Waals surface area (Å²) in [4.78, 5) is 33.5. The molecule has 1 aromatic rings. The average Bonchev–Trinajstić information content (AvgIpc) is 2.39. The highest BCUT2D eigenvalue weighted by molar-refractivity contribution is 6.12. The van der Waals surface area contributed by atoms with E-state index in [4.69, 9.17) is 5.26 Å². The van der Waals surface area contributed by atoms with Gasteiger partial charge >= 0.3 is 5.97 Å². The molecule has 98 valence electrons. The maximum atomic E-state index is 12.0. The molecule has 0 heterocycles. The van der Waals surface area contributed by atoms with Crippen LogP contribution in [0, 0.1) is 27.4 Å². The summed E-state index contributed by atoms with van der Waals surface area (Å²) in [7, 11) is 0. The maximum Gasteiger partial charge on any atom is 0.331 e. The van der Waals surface area contributed by atoms with Crippen LogP contribution in [0.1, 0.15) is 17.3 Å². The van der Waals surface area contributed by atoms with Crippen LogP contribution in [0.15, 0.2) is 24.3 Å². The van der Waals surface area contributed by atoms with E-state index >= 15 is 0 Å². The van der Waals surface area contributed by atoms with Gasteiger partial charge in [-0.1, -0.05) is 12.1 Å². The summed E-state index contributed by atoms with van der Waals surface area (Å²) in [6, 6.07) is 6.64. The number of ketones is 1. The van der Waals surface area contributed by atoms with Crippen molar-refractivity contribution in [3.8, 4) is 6.07 Å². The number of esters is 1. The van der Waals surface area contributed by atoms with Gasteiger partial charge in [0.15, 0.2) is 5.78 Å². The first kappa shape index (κ1) is 14.3. The molecule has 7 heteroatoms. The Morgan fingerprint density at radius 2 is 2.11 bits per heavy atom. The van der Waals surface area contributed by atoms with E-state index in [1.165, 1.54) is 31.2 Å². The van der Waals surface area contributed by atoms with Crippen LogP contribution in [0.2, 0.25) is 0 Å². The highest BCUT2D eigenvalue weighted by Crippen LogP contribution is 2.21. The number of carbonyl (C=O) groups is 2. The Hall–Kier alpha value is -2.75. The fourth-order valence-corrected chi connectivity index (χ4v) is 1.44. The lowest BCUT2D eigenvalue weighted by Crippen LogP contribution is -2.25. The number of hydrogen-bond donors (Lipinski definition) is 0. The zero-order valence-corrected chi connectivity index (χ0v) is 10.0. The molecule has 0 fully saturated rings. The minimum Gasteiger partial charge on any atom is -0.465 e. The molecular weight excluding hydrogens is 252 g/mol. The number of benzene rings is 1. The monoisotopic (exact) mass is 262 g/mol. The predicted molar refractivity (Wildman–Crippen MR) is 63.2 cm³/mol. The first-order valence-corrected chi connectivity index (χ1v) is 5.36. The van der Waals surface area contributed by atoms with Gasteiger partial charge < -0.3 is 4.74 Å². The fourth-order valence-electron chi connectivity index (χ4n) is 1.44. The van der Waals surface area contributed by atoms with Crippen LogP contribution in [0.4, 0.5) is 5.69 Å². The minimum atomic E-state index is -1.69. The van der Waals surface area contributed by atoms with Crippen molar-refractivity contribution in [1.29, 1.82) is 5.26 Å². The number of rotatable bonds is 5. The smallest absolute Gasteiger partial charge is 0.331 e. The van der Waals surface area contributed by atoms with Gasteiger partial charge in [-0.3, -0.25) is 19.7 Å². The Morgan fingerprint density at radius 3 is 2.63 bits per heavy atom. The molecule has 0 radical (unpaired) electrons. The van der Waals surface area contributed by atoms with Gasteiger partial charge in [0, 0.05) is 6.07 Å². The van der Waals surface area contributed by atoms with E-state index in [2.05, 4.69) is 4.74 Å². The number of hydrogen-bond acceptors (Lipinski definition) is 6. The van der Waals surface area contributed by atoms with Gasteiger partial charge in [-0.25, -0.2) is 0 Å². The summed E-state index contributed by atoms with van der Waals surface area (Å²) in [5.41, 5.74) is -0.732. The third-order valence-electron chi connectivity index (χ3n) is 2.28. The third-order valence-corrected chi connectivity index (χ3v) is 2.28. The zero-order chi connectivity index (χ0) is 14.4. The van der Waals surface area contributed by atoms with Crippen molar-refractivity contribution in [2.45, 2.75) is 6.92 Å². The summed E-state index contributed by atoms with van der Waals surface area (Å²) in [5.74, 6) is -3.64.